The number of hydrogen-bond acceptors (Lipinski definition) is 2. The zero-order valence-corrected chi connectivity index (χ0v) is 10.9. The quantitative estimate of drug-likeness (QED) is 0.379. The summed E-state index contributed by atoms with van der Waals surface area (Å²) in [5.74, 6) is 0. The molecule has 0 aromatic heterocycles. The maximum atomic E-state index is 5.84. The van der Waals surface area contributed by atoms with Gasteiger partial charge in [0.25, 0.3) is 0 Å². The maximum absolute atomic E-state index is 5.84. The van der Waals surface area contributed by atoms with E-state index >= 15 is 0 Å². The third kappa shape index (κ3) is 7.06. The van der Waals surface area contributed by atoms with Crippen molar-refractivity contribution in [2.24, 2.45) is 5.73 Å². The fourth-order valence-electron chi connectivity index (χ4n) is 1.16. The first-order valence-corrected chi connectivity index (χ1v) is 6.77. The summed E-state index contributed by atoms with van der Waals surface area (Å²) in [5.41, 5.74) is 7.68. The molecule has 1 atom stereocenters. The van der Waals surface area contributed by atoms with Crippen molar-refractivity contribution < 1.29 is 4.43 Å². The lowest BCUT2D eigenvalue weighted by Gasteiger charge is -2.18. The van der Waals surface area contributed by atoms with Crippen LogP contribution in [0.25, 0.3) is 0 Å². The molecule has 0 aromatic carbocycles. The molecule has 0 spiro atoms. The first kappa shape index (κ1) is 13.6. The van der Waals surface area contributed by atoms with Crippen LogP contribution in [0, 0.1) is 0 Å². The van der Waals surface area contributed by atoms with Crippen LogP contribution < -0.4 is 5.73 Å². The lowest BCUT2D eigenvalue weighted by molar-refractivity contribution is 0.250. The minimum atomic E-state index is -0.415. The number of nitrogens with two attached hydrogens (primary N) is 1. The van der Waals surface area contributed by atoms with E-state index in [9.17, 15) is 0 Å². The van der Waals surface area contributed by atoms with Crippen LogP contribution in [0.5, 0.6) is 0 Å². The van der Waals surface area contributed by atoms with Gasteiger partial charge in [0.1, 0.15) is 0 Å². The highest BCUT2D eigenvalue weighted by molar-refractivity contribution is 6.27. The minimum absolute atomic E-state index is 0.192. The van der Waals surface area contributed by atoms with Gasteiger partial charge >= 0.3 is 0 Å². The van der Waals surface area contributed by atoms with Gasteiger partial charge in [0.05, 0.1) is 6.10 Å². The Morgan fingerprint density at radius 2 is 2.07 bits per heavy atom. The van der Waals surface area contributed by atoms with E-state index in [0.717, 1.165) is 36.6 Å². The largest absolute Gasteiger partial charge is 0.417 e. The topological polar surface area (TPSA) is 35.2 Å². The van der Waals surface area contributed by atoms with E-state index in [1.54, 1.807) is 0 Å². The Morgan fingerprint density at radius 1 is 1.43 bits per heavy atom. The molecule has 0 aliphatic heterocycles. The molecule has 1 unspecified atom stereocenters. The molecule has 0 amide bonds. The Kier molecular flexibility index (Phi) is 7.75. The van der Waals surface area contributed by atoms with Crippen molar-refractivity contribution in [2.45, 2.75) is 38.8 Å². The smallest absolute Gasteiger partial charge is 0.162 e. The summed E-state index contributed by atoms with van der Waals surface area (Å²) in [7, 11) is -0.415. The number of rotatable bonds is 8. The molecule has 3 heteroatoms. The SMILES string of the molecule is C=C(C)CC(O[SiH2]CCCN)C(=C)C. The molecule has 14 heavy (non-hydrogen) atoms. The molecule has 0 bridgehead atoms. The predicted molar refractivity (Wildman–Crippen MR) is 66.1 cm³/mol. The third-order valence-electron chi connectivity index (χ3n) is 2.00. The predicted octanol–water partition coefficient (Wildman–Crippen LogP) is 1.76. The summed E-state index contributed by atoms with van der Waals surface area (Å²) in [6.07, 6.45) is 2.18. The first-order chi connectivity index (χ1) is 6.57. The van der Waals surface area contributed by atoms with Crippen molar-refractivity contribution in [2.75, 3.05) is 6.54 Å². The van der Waals surface area contributed by atoms with Crippen molar-refractivity contribution in [3.05, 3.63) is 24.3 Å². The molecule has 0 radical (unpaired) electrons. The zero-order chi connectivity index (χ0) is 11.0. The minimum Gasteiger partial charge on any atom is -0.417 e. The lowest BCUT2D eigenvalue weighted by atomic mass is 10.1. The van der Waals surface area contributed by atoms with Crippen LogP contribution in [0.1, 0.15) is 26.7 Å². The summed E-state index contributed by atoms with van der Waals surface area (Å²) >= 11 is 0. The lowest BCUT2D eigenvalue weighted by Crippen LogP contribution is -2.17. The molecular weight excluding hydrogens is 190 g/mol. The van der Waals surface area contributed by atoms with Crippen molar-refractivity contribution in [3.8, 4) is 0 Å². The standard InChI is InChI=1S/C11H23NOSi/c1-9(2)8-11(10(3)4)13-14-7-5-6-12/h11H,1,3,5-8,12,14H2,2,4H3. The van der Waals surface area contributed by atoms with Crippen LogP contribution in [0.15, 0.2) is 24.3 Å². The molecule has 82 valence electrons. The molecule has 0 saturated carbocycles. The molecule has 0 aromatic rings. The van der Waals surface area contributed by atoms with Crippen LogP contribution >= 0.6 is 0 Å². The summed E-state index contributed by atoms with van der Waals surface area (Å²) in [6, 6.07) is 1.16. The molecule has 0 saturated heterocycles. The van der Waals surface area contributed by atoms with Gasteiger partial charge in [-0.3, -0.25) is 0 Å². The van der Waals surface area contributed by atoms with Crippen molar-refractivity contribution >= 4 is 9.76 Å². The van der Waals surface area contributed by atoms with E-state index in [-0.39, 0.29) is 6.10 Å². The summed E-state index contributed by atoms with van der Waals surface area (Å²) in [4.78, 5) is 0. The van der Waals surface area contributed by atoms with Crippen LogP contribution in [0.3, 0.4) is 0 Å². The van der Waals surface area contributed by atoms with Gasteiger partial charge in [-0.2, -0.15) is 0 Å². The molecule has 2 nitrogen and oxygen atoms in total. The molecule has 0 aliphatic rings. The second-order valence-corrected chi connectivity index (χ2v) is 5.31. The first-order valence-electron chi connectivity index (χ1n) is 5.19. The Hall–Kier alpha value is -0.383. The van der Waals surface area contributed by atoms with Gasteiger partial charge in [-0.05, 0) is 39.3 Å². The zero-order valence-electron chi connectivity index (χ0n) is 9.51. The Morgan fingerprint density at radius 3 is 2.50 bits per heavy atom. The Bertz CT molecular complexity index is 192. The second-order valence-electron chi connectivity index (χ2n) is 3.86. The number of hydrogen-bond donors (Lipinski definition) is 1. The maximum Gasteiger partial charge on any atom is 0.162 e. The molecule has 0 rings (SSSR count). The van der Waals surface area contributed by atoms with Crippen LogP contribution in [0.2, 0.25) is 6.04 Å². The van der Waals surface area contributed by atoms with Crippen LogP contribution in [-0.4, -0.2) is 22.4 Å². The van der Waals surface area contributed by atoms with Gasteiger partial charge in [0, 0.05) is 0 Å². The van der Waals surface area contributed by atoms with Crippen LogP contribution in [0.4, 0.5) is 0 Å². The third-order valence-corrected chi connectivity index (χ3v) is 3.43. The molecule has 2 N–H and O–H groups in total. The summed E-state index contributed by atoms with van der Waals surface area (Å²) < 4.78 is 5.84. The Labute approximate surface area is 90.2 Å². The highest BCUT2D eigenvalue weighted by Gasteiger charge is 2.09. The van der Waals surface area contributed by atoms with Gasteiger partial charge in [0.15, 0.2) is 9.76 Å². The monoisotopic (exact) mass is 213 g/mol. The van der Waals surface area contributed by atoms with E-state index in [1.165, 1.54) is 0 Å². The molecule has 0 fully saturated rings. The van der Waals surface area contributed by atoms with E-state index in [0.29, 0.717) is 0 Å². The van der Waals surface area contributed by atoms with Crippen molar-refractivity contribution in [1.29, 1.82) is 0 Å². The van der Waals surface area contributed by atoms with Crippen molar-refractivity contribution in [1.82, 2.24) is 0 Å². The molecule has 0 aliphatic carbocycles. The highest BCUT2D eigenvalue weighted by atomic mass is 28.2. The van der Waals surface area contributed by atoms with Gasteiger partial charge in [0.2, 0.25) is 0 Å². The highest BCUT2D eigenvalue weighted by Crippen LogP contribution is 2.13. The van der Waals surface area contributed by atoms with Gasteiger partial charge < -0.3 is 10.2 Å². The average molecular weight is 213 g/mol. The summed E-state index contributed by atoms with van der Waals surface area (Å²) in [6.45, 7) is 12.7. The van der Waals surface area contributed by atoms with Gasteiger partial charge in [-0.25, -0.2) is 0 Å². The fraction of sp³-hybridized carbons (Fsp3) is 0.636. The van der Waals surface area contributed by atoms with Gasteiger partial charge in [-0.1, -0.05) is 17.7 Å². The normalized spacial score (nSPS) is 13.4. The van der Waals surface area contributed by atoms with E-state index in [4.69, 9.17) is 10.2 Å². The van der Waals surface area contributed by atoms with E-state index in [1.807, 2.05) is 13.8 Å². The van der Waals surface area contributed by atoms with Crippen LogP contribution in [-0.2, 0) is 4.43 Å². The van der Waals surface area contributed by atoms with Crippen molar-refractivity contribution in [3.63, 3.8) is 0 Å². The molecular formula is C11H23NOSi. The summed E-state index contributed by atoms with van der Waals surface area (Å²) in [5, 5.41) is 0. The second kappa shape index (κ2) is 7.97. The van der Waals surface area contributed by atoms with E-state index < -0.39 is 9.76 Å². The van der Waals surface area contributed by atoms with Gasteiger partial charge in [-0.15, -0.1) is 6.58 Å². The average Bonchev–Trinajstić information content (AvgIpc) is 2.09. The van der Waals surface area contributed by atoms with E-state index in [2.05, 4.69) is 13.2 Å². The molecule has 0 heterocycles. The Balaban J connectivity index is 3.74. The fourth-order valence-corrected chi connectivity index (χ4v) is 2.51.